The highest BCUT2D eigenvalue weighted by molar-refractivity contribution is 7.89. The molecular weight excluding hydrogens is 332 g/mol. The Kier molecular flexibility index (Phi) is 4.88. The average Bonchev–Trinajstić information content (AvgIpc) is 2.56. The van der Waals surface area contributed by atoms with Gasteiger partial charge in [-0.05, 0) is 56.5 Å². The number of hydrogen-bond acceptors (Lipinski definition) is 3. The number of pyridine rings is 1. The van der Waals surface area contributed by atoms with Gasteiger partial charge in [0, 0.05) is 24.0 Å². The minimum absolute atomic E-state index is 0.243. The zero-order valence-electron chi connectivity index (χ0n) is 14.7. The maximum atomic E-state index is 12.6. The molecule has 3 rings (SSSR count). The van der Waals surface area contributed by atoms with Gasteiger partial charge in [-0.3, -0.25) is 4.98 Å². The number of nitrogens with one attached hydrogen (secondary N) is 1. The second kappa shape index (κ2) is 6.94. The molecule has 1 unspecified atom stereocenters. The highest BCUT2D eigenvalue weighted by Crippen LogP contribution is 2.29. The summed E-state index contributed by atoms with van der Waals surface area (Å²) in [7, 11) is -3.53. The number of allylic oxidation sites excluding steroid dienone is 2. The number of benzene rings is 1. The Morgan fingerprint density at radius 1 is 1.08 bits per heavy atom. The summed E-state index contributed by atoms with van der Waals surface area (Å²) in [6, 6.07) is 8.62. The Morgan fingerprint density at radius 2 is 1.80 bits per heavy atom. The van der Waals surface area contributed by atoms with E-state index in [-0.39, 0.29) is 6.04 Å². The lowest BCUT2D eigenvalue weighted by Gasteiger charge is -2.22. The predicted molar refractivity (Wildman–Crippen MR) is 101 cm³/mol. The van der Waals surface area contributed by atoms with Crippen LogP contribution in [0.4, 0.5) is 0 Å². The van der Waals surface area contributed by atoms with E-state index in [1.165, 1.54) is 0 Å². The predicted octanol–water partition coefficient (Wildman–Crippen LogP) is 3.78. The van der Waals surface area contributed by atoms with E-state index in [4.69, 9.17) is 0 Å². The van der Waals surface area contributed by atoms with Crippen LogP contribution in [0.3, 0.4) is 0 Å². The fourth-order valence-electron chi connectivity index (χ4n) is 2.99. The van der Waals surface area contributed by atoms with Gasteiger partial charge < -0.3 is 0 Å². The maximum Gasteiger partial charge on any atom is 0.241 e. The van der Waals surface area contributed by atoms with Gasteiger partial charge in [-0.2, -0.15) is 0 Å². The third-order valence-electron chi connectivity index (χ3n) is 4.45. The van der Waals surface area contributed by atoms with Gasteiger partial charge in [0.1, 0.15) is 0 Å². The first-order valence-electron chi connectivity index (χ1n) is 8.25. The Morgan fingerprint density at radius 3 is 2.44 bits per heavy atom. The summed E-state index contributed by atoms with van der Waals surface area (Å²) < 4.78 is 27.9. The third-order valence-corrected chi connectivity index (χ3v) is 5.95. The Hall–Kier alpha value is -2.24. The Balaban J connectivity index is 1.79. The van der Waals surface area contributed by atoms with Crippen molar-refractivity contribution >= 4 is 15.6 Å². The van der Waals surface area contributed by atoms with Crippen molar-refractivity contribution in [3.05, 3.63) is 77.1 Å². The van der Waals surface area contributed by atoms with Gasteiger partial charge in [0.05, 0.1) is 4.90 Å². The number of aryl methyl sites for hydroxylation is 2. The molecule has 0 radical (unpaired) electrons. The van der Waals surface area contributed by atoms with Crippen molar-refractivity contribution < 1.29 is 8.42 Å². The number of aromatic nitrogens is 1. The van der Waals surface area contributed by atoms with Crippen LogP contribution in [0.5, 0.6) is 0 Å². The van der Waals surface area contributed by atoms with Crippen molar-refractivity contribution in [1.29, 1.82) is 0 Å². The van der Waals surface area contributed by atoms with Crippen LogP contribution in [0.25, 0.3) is 5.57 Å². The zero-order valence-corrected chi connectivity index (χ0v) is 15.5. The lowest BCUT2D eigenvalue weighted by molar-refractivity contribution is 0.569. The van der Waals surface area contributed by atoms with E-state index >= 15 is 0 Å². The molecule has 1 heterocycles. The second-order valence-corrected chi connectivity index (χ2v) is 8.20. The highest BCUT2D eigenvalue weighted by atomic mass is 32.2. The van der Waals surface area contributed by atoms with Crippen LogP contribution in [0, 0.1) is 13.8 Å². The largest absolute Gasteiger partial charge is 0.264 e. The van der Waals surface area contributed by atoms with E-state index in [0.717, 1.165) is 27.8 Å². The molecule has 0 bridgehead atoms. The molecule has 0 amide bonds. The summed E-state index contributed by atoms with van der Waals surface area (Å²) in [5.41, 5.74) is 5.56. The number of hydrogen-bond donors (Lipinski definition) is 1. The molecule has 0 fully saturated rings. The van der Waals surface area contributed by atoms with Crippen molar-refractivity contribution in [1.82, 2.24) is 9.71 Å². The normalized spacial score (nSPS) is 17.8. The van der Waals surface area contributed by atoms with Gasteiger partial charge >= 0.3 is 0 Å². The molecule has 1 aromatic heterocycles. The van der Waals surface area contributed by atoms with Crippen LogP contribution in [-0.4, -0.2) is 19.4 Å². The maximum absolute atomic E-state index is 12.6. The standard InChI is InChI=1S/C20H22N2O2S/c1-14-4-7-18(8-5-14)25(23,24)22-17-6-9-19(16(3)12-17)20-13-21-11-10-15(20)2/h4-11,13,17,22H,12H2,1-3H3. The molecule has 5 heteroatoms. The quantitative estimate of drug-likeness (QED) is 0.909. The fraction of sp³-hybridized carbons (Fsp3) is 0.250. The van der Waals surface area contributed by atoms with Crippen molar-refractivity contribution in [3.63, 3.8) is 0 Å². The second-order valence-electron chi connectivity index (χ2n) is 6.49. The van der Waals surface area contributed by atoms with Crippen LogP contribution < -0.4 is 4.72 Å². The molecule has 1 aromatic carbocycles. The Labute approximate surface area is 149 Å². The van der Waals surface area contributed by atoms with Gasteiger partial charge in [-0.25, -0.2) is 13.1 Å². The van der Waals surface area contributed by atoms with Crippen LogP contribution in [-0.2, 0) is 10.0 Å². The smallest absolute Gasteiger partial charge is 0.241 e. The van der Waals surface area contributed by atoms with Crippen molar-refractivity contribution in [2.24, 2.45) is 0 Å². The van der Waals surface area contributed by atoms with Crippen molar-refractivity contribution in [2.75, 3.05) is 0 Å². The molecule has 25 heavy (non-hydrogen) atoms. The molecule has 1 atom stereocenters. The van der Waals surface area contributed by atoms with Gasteiger partial charge in [-0.15, -0.1) is 0 Å². The average molecular weight is 354 g/mol. The molecular formula is C20H22N2O2S. The first kappa shape index (κ1) is 17.6. The van der Waals surface area contributed by atoms with E-state index in [1.54, 1.807) is 30.5 Å². The summed E-state index contributed by atoms with van der Waals surface area (Å²) in [6.07, 6.45) is 8.19. The summed E-state index contributed by atoms with van der Waals surface area (Å²) in [5.74, 6) is 0. The van der Waals surface area contributed by atoms with Gasteiger partial charge in [0.25, 0.3) is 0 Å². The molecule has 1 aliphatic carbocycles. The van der Waals surface area contributed by atoms with Crippen LogP contribution in [0.1, 0.15) is 30.0 Å². The van der Waals surface area contributed by atoms with Crippen LogP contribution >= 0.6 is 0 Å². The van der Waals surface area contributed by atoms with Crippen LogP contribution in [0.15, 0.2) is 65.3 Å². The molecule has 4 nitrogen and oxygen atoms in total. The minimum atomic E-state index is -3.53. The summed E-state index contributed by atoms with van der Waals surface area (Å²) in [4.78, 5) is 4.49. The first-order chi connectivity index (χ1) is 11.9. The molecule has 1 aliphatic rings. The van der Waals surface area contributed by atoms with Crippen LogP contribution in [0.2, 0.25) is 0 Å². The van der Waals surface area contributed by atoms with E-state index in [2.05, 4.69) is 16.6 Å². The zero-order chi connectivity index (χ0) is 18.0. The molecule has 0 spiro atoms. The highest BCUT2D eigenvalue weighted by Gasteiger charge is 2.22. The van der Waals surface area contributed by atoms with E-state index in [1.807, 2.05) is 38.3 Å². The first-order valence-corrected chi connectivity index (χ1v) is 9.73. The minimum Gasteiger partial charge on any atom is -0.264 e. The van der Waals surface area contributed by atoms with E-state index in [0.29, 0.717) is 11.3 Å². The summed E-state index contributed by atoms with van der Waals surface area (Å²) in [5, 5.41) is 0. The monoisotopic (exact) mass is 354 g/mol. The van der Waals surface area contributed by atoms with E-state index < -0.39 is 10.0 Å². The SMILES string of the molecule is CC1=C(c2cnccc2C)C=CC(NS(=O)(=O)c2ccc(C)cc2)C1. The van der Waals surface area contributed by atoms with Gasteiger partial charge in [0.15, 0.2) is 0 Å². The third kappa shape index (κ3) is 3.89. The van der Waals surface area contributed by atoms with E-state index in [9.17, 15) is 8.42 Å². The van der Waals surface area contributed by atoms with Gasteiger partial charge in [0.2, 0.25) is 10.0 Å². The number of rotatable bonds is 4. The molecule has 0 saturated heterocycles. The Bertz CT molecular complexity index is 942. The van der Waals surface area contributed by atoms with Crippen molar-refractivity contribution in [3.8, 4) is 0 Å². The molecule has 130 valence electrons. The molecule has 2 aromatic rings. The number of nitrogens with zero attached hydrogens (tertiary/aromatic N) is 1. The van der Waals surface area contributed by atoms with Crippen molar-refractivity contribution in [2.45, 2.75) is 38.1 Å². The number of sulfonamides is 1. The molecule has 1 N–H and O–H groups in total. The molecule has 0 aliphatic heterocycles. The lowest BCUT2D eigenvalue weighted by Crippen LogP contribution is -2.34. The summed E-state index contributed by atoms with van der Waals surface area (Å²) >= 11 is 0. The lowest BCUT2D eigenvalue weighted by atomic mass is 9.90. The van der Waals surface area contributed by atoms with Gasteiger partial charge in [-0.1, -0.05) is 35.4 Å². The molecule has 0 saturated carbocycles. The summed E-state index contributed by atoms with van der Waals surface area (Å²) in [6.45, 7) is 6.03. The fourth-order valence-corrected chi connectivity index (χ4v) is 4.18. The topological polar surface area (TPSA) is 59.1 Å².